The molecule has 0 saturated carbocycles. The standard InChI is InChI=1S/C12H22N2O2/c1-12(5-3-7-16-9-12)14-11(15)10-4-2-6-13-8-10/h10,13H,2-9H2,1H3,(H,14,15)/t10-,12?/m1/s1. The molecule has 0 aromatic carbocycles. The zero-order valence-electron chi connectivity index (χ0n) is 10.1. The van der Waals surface area contributed by atoms with Gasteiger partial charge in [0.2, 0.25) is 5.91 Å². The Hall–Kier alpha value is -0.610. The van der Waals surface area contributed by atoms with Gasteiger partial charge in [-0.1, -0.05) is 0 Å². The molecule has 2 atom stereocenters. The van der Waals surface area contributed by atoms with Crippen molar-refractivity contribution in [1.82, 2.24) is 10.6 Å². The maximum absolute atomic E-state index is 12.1. The summed E-state index contributed by atoms with van der Waals surface area (Å²) in [6, 6.07) is 0. The van der Waals surface area contributed by atoms with Crippen LogP contribution in [0.15, 0.2) is 0 Å². The van der Waals surface area contributed by atoms with E-state index in [9.17, 15) is 4.79 Å². The van der Waals surface area contributed by atoms with E-state index in [1.165, 1.54) is 0 Å². The summed E-state index contributed by atoms with van der Waals surface area (Å²) in [5.74, 6) is 0.340. The molecular weight excluding hydrogens is 204 g/mol. The number of hydrogen-bond acceptors (Lipinski definition) is 3. The Morgan fingerprint density at radius 1 is 1.50 bits per heavy atom. The second kappa shape index (κ2) is 5.15. The van der Waals surface area contributed by atoms with Gasteiger partial charge in [-0.2, -0.15) is 0 Å². The fourth-order valence-corrected chi connectivity index (χ4v) is 2.51. The van der Waals surface area contributed by atoms with Gasteiger partial charge in [0.05, 0.1) is 18.1 Å². The van der Waals surface area contributed by atoms with Crippen LogP contribution in [-0.2, 0) is 9.53 Å². The molecule has 2 fully saturated rings. The fraction of sp³-hybridized carbons (Fsp3) is 0.917. The molecule has 2 heterocycles. The van der Waals surface area contributed by atoms with Crippen LogP contribution in [0.1, 0.15) is 32.6 Å². The lowest BCUT2D eigenvalue weighted by molar-refractivity contribution is -0.129. The highest BCUT2D eigenvalue weighted by atomic mass is 16.5. The van der Waals surface area contributed by atoms with E-state index in [2.05, 4.69) is 17.6 Å². The molecule has 2 saturated heterocycles. The van der Waals surface area contributed by atoms with Crippen molar-refractivity contribution >= 4 is 5.91 Å². The quantitative estimate of drug-likeness (QED) is 0.727. The average Bonchev–Trinajstić information content (AvgIpc) is 2.30. The first-order valence-electron chi connectivity index (χ1n) is 6.30. The van der Waals surface area contributed by atoms with Crippen LogP contribution in [0.2, 0.25) is 0 Å². The first-order chi connectivity index (χ1) is 7.70. The van der Waals surface area contributed by atoms with Crippen LogP contribution < -0.4 is 10.6 Å². The molecule has 0 spiro atoms. The lowest BCUT2D eigenvalue weighted by atomic mass is 9.92. The monoisotopic (exact) mass is 226 g/mol. The topological polar surface area (TPSA) is 50.4 Å². The first-order valence-corrected chi connectivity index (χ1v) is 6.30. The van der Waals surface area contributed by atoms with Gasteiger partial charge in [0.15, 0.2) is 0 Å². The van der Waals surface area contributed by atoms with E-state index >= 15 is 0 Å². The van der Waals surface area contributed by atoms with E-state index in [0.717, 1.165) is 45.4 Å². The molecule has 92 valence electrons. The molecule has 1 amide bonds. The predicted octanol–water partition coefficient (Wildman–Crippen LogP) is 0.671. The van der Waals surface area contributed by atoms with Crippen LogP contribution in [0.5, 0.6) is 0 Å². The lowest BCUT2D eigenvalue weighted by Gasteiger charge is -2.36. The van der Waals surface area contributed by atoms with E-state index in [0.29, 0.717) is 6.61 Å². The van der Waals surface area contributed by atoms with E-state index in [-0.39, 0.29) is 17.4 Å². The second-order valence-electron chi connectivity index (χ2n) is 5.25. The number of ether oxygens (including phenoxy) is 1. The molecule has 2 aliphatic heterocycles. The minimum atomic E-state index is -0.146. The van der Waals surface area contributed by atoms with Crippen molar-refractivity contribution in [2.75, 3.05) is 26.3 Å². The van der Waals surface area contributed by atoms with Gasteiger partial charge in [0, 0.05) is 13.2 Å². The molecule has 0 aliphatic carbocycles. The summed E-state index contributed by atoms with van der Waals surface area (Å²) in [4.78, 5) is 12.1. The third-order valence-electron chi connectivity index (χ3n) is 3.53. The average molecular weight is 226 g/mol. The van der Waals surface area contributed by atoms with Gasteiger partial charge in [-0.05, 0) is 39.2 Å². The Morgan fingerprint density at radius 3 is 3.00 bits per heavy atom. The molecule has 0 aromatic heterocycles. The molecule has 2 N–H and O–H groups in total. The number of amides is 1. The minimum absolute atomic E-state index is 0.146. The Balaban J connectivity index is 1.85. The van der Waals surface area contributed by atoms with Crippen LogP contribution >= 0.6 is 0 Å². The van der Waals surface area contributed by atoms with Gasteiger partial charge in [-0.3, -0.25) is 4.79 Å². The summed E-state index contributed by atoms with van der Waals surface area (Å²) in [7, 11) is 0. The van der Waals surface area contributed by atoms with Crippen molar-refractivity contribution in [3.05, 3.63) is 0 Å². The Kier molecular flexibility index (Phi) is 3.82. The molecule has 4 nitrogen and oxygen atoms in total. The molecular formula is C12H22N2O2. The lowest BCUT2D eigenvalue weighted by Crippen LogP contribution is -2.54. The summed E-state index contributed by atoms with van der Waals surface area (Å²) >= 11 is 0. The maximum atomic E-state index is 12.1. The Morgan fingerprint density at radius 2 is 2.38 bits per heavy atom. The van der Waals surface area contributed by atoms with Gasteiger partial charge >= 0.3 is 0 Å². The summed E-state index contributed by atoms with van der Waals surface area (Å²) in [6.45, 7) is 5.43. The zero-order valence-corrected chi connectivity index (χ0v) is 10.1. The molecule has 4 heteroatoms. The minimum Gasteiger partial charge on any atom is -0.379 e. The largest absolute Gasteiger partial charge is 0.379 e. The van der Waals surface area contributed by atoms with Crippen LogP contribution in [0.3, 0.4) is 0 Å². The van der Waals surface area contributed by atoms with Crippen molar-refractivity contribution in [3.63, 3.8) is 0 Å². The molecule has 0 radical (unpaired) electrons. The first kappa shape index (κ1) is 11.9. The molecule has 1 unspecified atom stereocenters. The van der Waals surface area contributed by atoms with Gasteiger partial charge in [0.1, 0.15) is 0 Å². The van der Waals surface area contributed by atoms with Gasteiger partial charge in [-0.25, -0.2) is 0 Å². The number of carbonyl (C=O) groups is 1. The van der Waals surface area contributed by atoms with Crippen molar-refractivity contribution in [1.29, 1.82) is 0 Å². The summed E-state index contributed by atoms with van der Waals surface area (Å²) in [5.41, 5.74) is -0.146. The van der Waals surface area contributed by atoms with Crippen LogP contribution in [0.25, 0.3) is 0 Å². The van der Waals surface area contributed by atoms with Crippen molar-refractivity contribution < 1.29 is 9.53 Å². The fourth-order valence-electron chi connectivity index (χ4n) is 2.51. The van der Waals surface area contributed by atoms with E-state index in [4.69, 9.17) is 4.74 Å². The normalized spacial score (nSPS) is 35.7. The number of nitrogens with one attached hydrogen (secondary N) is 2. The maximum Gasteiger partial charge on any atom is 0.224 e. The number of piperidine rings is 1. The van der Waals surface area contributed by atoms with E-state index < -0.39 is 0 Å². The third-order valence-corrected chi connectivity index (χ3v) is 3.53. The van der Waals surface area contributed by atoms with Crippen LogP contribution in [0, 0.1) is 5.92 Å². The SMILES string of the molecule is CC1(NC(=O)[C@@H]2CCCNC2)CCCOC1. The van der Waals surface area contributed by atoms with Gasteiger partial charge < -0.3 is 15.4 Å². The van der Waals surface area contributed by atoms with Crippen LogP contribution in [0.4, 0.5) is 0 Å². The van der Waals surface area contributed by atoms with E-state index in [1.807, 2.05) is 0 Å². The zero-order chi connectivity index (χ0) is 11.4. The number of carbonyl (C=O) groups excluding carboxylic acids is 1. The second-order valence-corrected chi connectivity index (χ2v) is 5.25. The Bertz CT molecular complexity index is 243. The molecule has 16 heavy (non-hydrogen) atoms. The van der Waals surface area contributed by atoms with Crippen LogP contribution in [-0.4, -0.2) is 37.7 Å². The number of hydrogen-bond donors (Lipinski definition) is 2. The highest BCUT2D eigenvalue weighted by Gasteiger charge is 2.32. The molecule has 2 rings (SSSR count). The number of rotatable bonds is 2. The summed E-state index contributed by atoms with van der Waals surface area (Å²) < 4.78 is 5.44. The highest BCUT2D eigenvalue weighted by molar-refractivity contribution is 5.79. The van der Waals surface area contributed by atoms with E-state index in [1.54, 1.807) is 0 Å². The smallest absolute Gasteiger partial charge is 0.224 e. The molecule has 0 bridgehead atoms. The van der Waals surface area contributed by atoms with Crippen molar-refractivity contribution in [3.8, 4) is 0 Å². The van der Waals surface area contributed by atoms with Crippen molar-refractivity contribution in [2.45, 2.75) is 38.1 Å². The van der Waals surface area contributed by atoms with Gasteiger partial charge in [-0.15, -0.1) is 0 Å². The third kappa shape index (κ3) is 2.95. The highest BCUT2D eigenvalue weighted by Crippen LogP contribution is 2.20. The molecule has 0 aromatic rings. The Labute approximate surface area is 97.1 Å². The summed E-state index contributed by atoms with van der Waals surface area (Å²) in [5, 5.41) is 6.43. The molecule has 2 aliphatic rings. The van der Waals surface area contributed by atoms with Gasteiger partial charge in [0.25, 0.3) is 0 Å². The summed E-state index contributed by atoms with van der Waals surface area (Å²) in [6.07, 6.45) is 4.18. The van der Waals surface area contributed by atoms with Crippen molar-refractivity contribution in [2.24, 2.45) is 5.92 Å². The predicted molar refractivity (Wildman–Crippen MR) is 62.2 cm³/mol.